The SMILES string of the molecule is COC(C(=O)O)C(O)c1ccc(OCc2sc(-c3ccc(C(F)(F)F)cc3)nc2C)c2ccccc12. The van der Waals surface area contributed by atoms with Gasteiger partial charge in [0.05, 0.1) is 16.1 Å². The number of rotatable bonds is 8. The first-order valence-electron chi connectivity index (χ1n) is 10.8. The first-order chi connectivity index (χ1) is 17.1. The molecule has 0 aliphatic rings. The van der Waals surface area contributed by atoms with Gasteiger partial charge in [0.15, 0.2) is 6.10 Å². The Balaban J connectivity index is 1.58. The summed E-state index contributed by atoms with van der Waals surface area (Å²) in [5.41, 5.74) is 0.961. The normalized spacial score (nSPS) is 13.5. The molecule has 0 aliphatic carbocycles. The summed E-state index contributed by atoms with van der Waals surface area (Å²) in [5.74, 6) is -0.756. The minimum atomic E-state index is -4.40. The van der Waals surface area contributed by atoms with Crippen molar-refractivity contribution >= 4 is 28.1 Å². The van der Waals surface area contributed by atoms with Crippen LogP contribution in [0.5, 0.6) is 5.75 Å². The fourth-order valence-corrected chi connectivity index (χ4v) is 4.82. The van der Waals surface area contributed by atoms with Crippen LogP contribution in [-0.2, 0) is 22.3 Å². The van der Waals surface area contributed by atoms with Crippen molar-refractivity contribution in [3.63, 3.8) is 0 Å². The Bertz CT molecular complexity index is 1380. The van der Waals surface area contributed by atoms with E-state index in [4.69, 9.17) is 9.47 Å². The number of ether oxygens (including phenoxy) is 2. The zero-order valence-electron chi connectivity index (χ0n) is 19.2. The highest BCUT2D eigenvalue weighted by Crippen LogP contribution is 2.36. The van der Waals surface area contributed by atoms with Crippen LogP contribution >= 0.6 is 11.3 Å². The van der Waals surface area contributed by atoms with E-state index in [1.807, 2.05) is 0 Å². The lowest BCUT2D eigenvalue weighted by molar-refractivity contribution is -0.155. The van der Waals surface area contributed by atoms with Crippen molar-refractivity contribution in [2.45, 2.75) is 31.9 Å². The van der Waals surface area contributed by atoms with Crippen LogP contribution in [-0.4, -0.2) is 34.4 Å². The number of carboxylic acid groups (broad SMARTS) is 1. The molecule has 0 saturated heterocycles. The van der Waals surface area contributed by atoms with Gasteiger partial charge in [-0.1, -0.05) is 42.5 Å². The number of nitrogens with zero attached hydrogens (tertiary/aromatic N) is 1. The fraction of sp³-hybridized carbons (Fsp3) is 0.231. The summed E-state index contributed by atoms with van der Waals surface area (Å²) in [6.45, 7) is 1.98. The number of aryl methyl sites for hydroxylation is 1. The van der Waals surface area contributed by atoms with E-state index in [1.165, 1.54) is 30.6 Å². The fourth-order valence-electron chi connectivity index (χ4n) is 3.84. The molecule has 2 N–H and O–H groups in total. The van der Waals surface area contributed by atoms with Gasteiger partial charge < -0.3 is 19.7 Å². The Kier molecular flexibility index (Phi) is 7.30. The maximum absolute atomic E-state index is 12.8. The van der Waals surface area contributed by atoms with Crippen LogP contribution in [0.2, 0.25) is 0 Å². The molecule has 1 heterocycles. The van der Waals surface area contributed by atoms with Gasteiger partial charge in [0.25, 0.3) is 0 Å². The maximum atomic E-state index is 12.8. The van der Waals surface area contributed by atoms with Crippen LogP contribution in [0.3, 0.4) is 0 Å². The largest absolute Gasteiger partial charge is 0.487 e. The van der Waals surface area contributed by atoms with Crippen LogP contribution in [0.1, 0.15) is 27.8 Å². The maximum Gasteiger partial charge on any atom is 0.416 e. The van der Waals surface area contributed by atoms with Crippen LogP contribution in [0.4, 0.5) is 13.2 Å². The highest BCUT2D eigenvalue weighted by atomic mass is 32.1. The average Bonchev–Trinajstić information content (AvgIpc) is 3.22. The van der Waals surface area contributed by atoms with E-state index in [0.717, 1.165) is 17.0 Å². The number of halogens is 3. The van der Waals surface area contributed by atoms with Crippen LogP contribution < -0.4 is 4.74 Å². The van der Waals surface area contributed by atoms with E-state index >= 15 is 0 Å². The number of benzene rings is 3. The van der Waals surface area contributed by atoms with Crippen LogP contribution in [0.15, 0.2) is 60.7 Å². The van der Waals surface area contributed by atoms with Gasteiger partial charge in [-0.25, -0.2) is 9.78 Å². The molecule has 188 valence electrons. The molecular formula is C26H22F3NO5S. The van der Waals surface area contributed by atoms with E-state index in [1.54, 1.807) is 43.3 Å². The summed E-state index contributed by atoms with van der Waals surface area (Å²) in [6.07, 6.45) is -7.21. The lowest BCUT2D eigenvalue weighted by Crippen LogP contribution is -2.29. The Morgan fingerprint density at radius 3 is 2.33 bits per heavy atom. The summed E-state index contributed by atoms with van der Waals surface area (Å²) in [4.78, 5) is 16.7. The molecule has 0 saturated carbocycles. The van der Waals surface area contributed by atoms with Crippen molar-refractivity contribution in [3.8, 4) is 16.3 Å². The van der Waals surface area contributed by atoms with E-state index < -0.39 is 29.9 Å². The summed E-state index contributed by atoms with van der Waals surface area (Å²) >= 11 is 1.33. The first kappa shape index (κ1) is 25.6. The molecule has 4 aromatic rings. The standard InChI is InChI=1S/C26H22F3NO5S/c1-14-21(36-24(30-14)15-7-9-16(10-8-15)26(27,28)29)13-35-20-12-11-19(17-5-3-4-6-18(17)20)22(31)23(34-2)25(32)33/h3-12,22-23,31H,13H2,1-2H3,(H,32,33). The van der Waals surface area contributed by atoms with Crippen molar-refractivity contribution in [1.29, 1.82) is 0 Å². The number of hydrogen-bond acceptors (Lipinski definition) is 6. The minimum Gasteiger partial charge on any atom is -0.487 e. The lowest BCUT2D eigenvalue weighted by Gasteiger charge is -2.20. The van der Waals surface area contributed by atoms with Crippen LogP contribution in [0.25, 0.3) is 21.3 Å². The average molecular weight is 518 g/mol. The molecule has 0 bridgehead atoms. The Hall–Kier alpha value is -3.47. The molecule has 0 amide bonds. The number of fused-ring (bicyclic) bond motifs is 1. The van der Waals surface area contributed by atoms with Crippen molar-refractivity contribution in [1.82, 2.24) is 4.98 Å². The zero-order chi connectivity index (χ0) is 26.0. The topological polar surface area (TPSA) is 88.9 Å². The van der Waals surface area contributed by atoms with Crippen molar-refractivity contribution in [2.24, 2.45) is 0 Å². The number of aromatic nitrogens is 1. The third-order valence-corrected chi connectivity index (χ3v) is 6.91. The van der Waals surface area contributed by atoms with Gasteiger partial charge in [-0.05, 0) is 36.1 Å². The number of aliphatic hydroxyl groups is 1. The molecule has 0 spiro atoms. The highest BCUT2D eigenvalue weighted by Gasteiger charge is 2.30. The van der Waals surface area contributed by atoms with Gasteiger partial charge >= 0.3 is 12.1 Å². The van der Waals surface area contributed by atoms with Gasteiger partial charge in [-0.2, -0.15) is 13.2 Å². The van der Waals surface area contributed by atoms with Crippen LogP contribution in [0, 0.1) is 6.92 Å². The summed E-state index contributed by atoms with van der Waals surface area (Å²) in [7, 11) is 1.22. The summed E-state index contributed by atoms with van der Waals surface area (Å²) in [5, 5.41) is 21.9. The van der Waals surface area contributed by atoms with Gasteiger partial charge in [-0.15, -0.1) is 11.3 Å². The predicted molar refractivity (Wildman–Crippen MR) is 129 cm³/mol. The van der Waals surface area contributed by atoms with E-state index in [0.29, 0.717) is 38.4 Å². The third kappa shape index (κ3) is 5.20. The van der Waals surface area contributed by atoms with Crippen molar-refractivity contribution in [2.75, 3.05) is 7.11 Å². The number of aliphatic hydroxyl groups excluding tert-OH is 1. The molecule has 0 aliphatic heterocycles. The van der Waals surface area contributed by atoms with Gasteiger partial charge in [-0.3, -0.25) is 0 Å². The number of carbonyl (C=O) groups is 1. The molecule has 6 nitrogen and oxygen atoms in total. The molecule has 1 aromatic heterocycles. The quantitative estimate of drug-likeness (QED) is 0.298. The van der Waals surface area contributed by atoms with Gasteiger partial charge in [0.1, 0.15) is 23.5 Å². The third-order valence-electron chi connectivity index (χ3n) is 5.73. The second kappa shape index (κ2) is 10.3. The van der Waals surface area contributed by atoms with E-state index in [9.17, 15) is 28.2 Å². The Morgan fingerprint density at radius 1 is 1.06 bits per heavy atom. The number of carboxylic acids is 1. The Labute approximate surface area is 208 Å². The first-order valence-corrected chi connectivity index (χ1v) is 11.6. The predicted octanol–water partition coefficient (Wildman–Crippen LogP) is 6.00. The molecule has 0 fully saturated rings. The van der Waals surface area contributed by atoms with E-state index in [2.05, 4.69) is 4.98 Å². The van der Waals surface area contributed by atoms with Gasteiger partial charge in [0.2, 0.25) is 0 Å². The molecular weight excluding hydrogens is 495 g/mol. The number of methoxy groups -OCH3 is 1. The summed E-state index contributed by atoms with van der Waals surface area (Å²) < 4.78 is 49.6. The molecule has 36 heavy (non-hydrogen) atoms. The Morgan fingerprint density at radius 2 is 1.72 bits per heavy atom. The lowest BCUT2D eigenvalue weighted by atomic mass is 9.96. The van der Waals surface area contributed by atoms with Crippen molar-refractivity contribution in [3.05, 3.63) is 82.4 Å². The second-order valence-corrected chi connectivity index (χ2v) is 9.11. The second-order valence-electron chi connectivity index (χ2n) is 8.03. The molecule has 10 heteroatoms. The molecule has 4 rings (SSSR count). The molecule has 2 unspecified atom stereocenters. The van der Waals surface area contributed by atoms with Crippen molar-refractivity contribution < 1.29 is 37.7 Å². The van der Waals surface area contributed by atoms with Gasteiger partial charge in [0, 0.05) is 18.1 Å². The number of hydrogen-bond donors (Lipinski definition) is 2. The number of thiazole rings is 1. The smallest absolute Gasteiger partial charge is 0.416 e. The number of aliphatic carboxylic acids is 1. The molecule has 2 atom stereocenters. The molecule has 3 aromatic carbocycles. The minimum absolute atomic E-state index is 0.172. The van der Waals surface area contributed by atoms with E-state index in [-0.39, 0.29) is 6.61 Å². The summed E-state index contributed by atoms with van der Waals surface area (Å²) in [6, 6.07) is 15.2. The zero-order valence-corrected chi connectivity index (χ0v) is 20.1. The number of alkyl halides is 3. The highest BCUT2D eigenvalue weighted by molar-refractivity contribution is 7.15. The molecule has 0 radical (unpaired) electrons. The monoisotopic (exact) mass is 517 g/mol.